The number of hydrogen-bond acceptors (Lipinski definition) is 4. The van der Waals surface area contributed by atoms with E-state index in [-0.39, 0.29) is 11.6 Å². The van der Waals surface area contributed by atoms with Crippen molar-refractivity contribution in [1.82, 2.24) is 14.8 Å². The van der Waals surface area contributed by atoms with Crippen molar-refractivity contribution in [3.05, 3.63) is 29.6 Å². The van der Waals surface area contributed by atoms with Crippen LogP contribution >= 0.6 is 0 Å². The minimum Gasteiger partial charge on any atom is -0.368 e. The van der Waals surface area contributed by atoms with Gasteiger partial charge in [-0.1, -0.05) is 0 Å². The number of aromatic nitrogens is 3. The molecule has 108 valence electrons. The number of nitrogen functional groups attached to an aromatic ring is 1. The summed E-state index contributed by atoms with van der Waals surface area (Å²) >= 11 is 0. The molecule has 0 saturated heterocycles. The van der Waals surface area contributed by atoms with E-state index in [0.29, 0.717) is 19.0 Å². The lowest BCUT2D eigenvalue weighted by Crippen LogP contribution is -2.23. The Morgan fingerprint density at radius 1 is 1.15 bits per heavy atom. The molecule has 0 atom stereocenters. The van der Waals surface area contributed by atoms with E-state index in [0.717, 1.165) is 16.8 Å². The highest BCUT2D eigenvalue weighted by Crippen LogP contribution is 2.20. The fraction of sp³-hybridized carbons (Fsp3) is 0.333. The van der Waals surface area contributed by atoms with Gasteiger partial charge in [0.15, 0.2) is 17.5 Å². The molecule has 2 N–H and O–H groups in total. The fourth-order valence-electron chi connectivity index (χ4n) is 1.81. The summed E-state index contributed by atoms with van der Waals surface area (Å²) in [5.74, 6) is -3.83. The molecule has 8 heteroatoms. The molecule has 0 saturated carbocycles. The summed E-state index contributed by atoms with van der Waals surface area (Å²) in [6.07, 6.45) is 0. The van der Waals surface area contributed by atoms with Crippen LogP contribution in [-0.2, 0) is 0 Å². The van der Waals surface area contributed by atoms with Crippen LogP contribution in [0.25, 0.3) is 5.69 Å². The molecule has 20 heavy (non-hydrogen) atoms. The third-order valence-electron chi connectivity index (χ3n) is 2.88. The topological polar surface area (TPSA) is 60.0 Å². The molecule has 2 rings (SSSR count). The minimum atomic E-state index is -1.53. The monoisotopic (exact) mass is 285 g/mol. The summed E-state index contributed by atoms with van der Waals surface area (Å²) in [6.45, 7) is 5.15. The number of anilines is 2. The van der Waals surface area contributed by atoms with Crippen molar-refractivity contribution in [3.63, 3.8) is 0 Å². The van der Waals surface area contributed by atoms with Gasteiger partial charge in [0, 0.05) is 25.2 Å². The van der Waals surface area contributed by atoms with Crippen LogP contribution in [0.3, 0.4) is 0 Å². The van der Waals surface area contributed by atoms with Gasteiger partial charge in [0.05, 0.1) is 5.69 Å². The van der Waals surface area contributed by atoms with Gasteiger partial charge in [-0.3, -0.25) is 0 Å². The summed E-state index contributed by atoms with van der Waals surface area (Å²) in [7, 11) is 0. The first-order valence-corrected chi connectivity index (χ1v) is 6.10. The van der Waals surface area contributed by atoms with E-state index < -0.39 is 17.5 Å². The maximum absolute atomic E-state index is 13.2. The van der Waals surface area contributed by atoms with Crippen LogP contribution in [0.5, 0.6) is 0 Å². The van der Waals surface area contributed by atoms with E-state index in [9.17, 15) is 13.2 Å². The van der Waals surface area contributed by atoms with Crippen LogP contribution in [0.2, 0.25) is 0 Å². The summed E-state index contributed by atoms with van der Waals surface area (Å²) < 4.78 is 40.5. The number of rotatable bonds is 4. The van der Waals surface area contributed by atoms with Crippen LogP contribution in [0, 0.1) is 17.5 Å². The van der Waals surface area contributed by atoms with Crippen molar-refractivity contribution >= 4 is 11.9 Å². The Labute approximate surface area is 113 Å². The highest BCUT2D eigenvalue weighted by Gasteiger charge is 2.17. The van der Waals surface area contributed by atoms with Gasteiger partial charge in [-0.25, -0.2) is 13.2 Å². The molecule has 1 aromatic carbocycles. The van der Waals surface area contributed by atoms with E-state index >= 15 is 0 Å². The third-order valence-corrected chi connectivity index (χ3v) is 2.88. The summed E-state index contributed by atoms with van der Waals surface area (Å²) in [5.41, 5.74) is 5.66. The van der Waals surface area contributed by atoms with E-state index in [1.165, 1.54) is 0 Å². The number of benzene rings is 1. The van der Waals surface area contributed by atoms with Crippen LogP contribution in [0.4, 0.5) is 25.1 Å². The second-order valence-electron chi connectivity index (χ2n) is 4.08. The normalized spacial score (nSPS) is 10.8. The molecule has 0 aliphatic carbocycles. The third kappa shape index (κ3) is 2.40. The van der Waals surface area contributed by atoms with E-state index in [4.69, 9.17) is 5.73 Å². The van der Waals surface area contributed by atoms with Crippen molar-refractivity contribution in [2.45, 2.75) is 13.8 Å². The summed E-state index contributed by atoms with van der Waals surface area (Å²) in [5, 5.41) is 4.08. The number of hydrogen-bond donors (Lipinski definition) is 1. The van der Waals surface area contributed by atoms with Crippen molar-refractivity contribution < 1.29 is 13.2 Å². The lowest BCUT2D eigenvalue weighted by atomic mass is 10.3. The van der Waals surface area contributed by atoms with Crippen molar-refractivity contribution in [1.29, 1.82) is 0 Å². The minimum absolute atomic E-state index is 0.0233. The van der Waals surface area contributed by atoms with E-state index in [2.05, 4.69) is 10.1 Å². The Balaban J connectivity index is 2.48. The first-order valence-electron chi connectivity index (χ1n) is 6.10. The highest BCUT2D eigenvalue weighted by molar-refractivity contribution is 5.43. The molecule has 0 aliphatic rings. The lowest BCUT2D eigenvalue weighted by Gasteiger charge is -2.15. The smallest absolute Gasteiger partial charge is 0.246 e. The second-order valence-corrected chi connectivity index (χ2v) is 4.08. The van der Waals surface area contributed by atoms with Gasteiger partial charge in [0.2, 0.25) is 11.9 Å². The van der Waals surface area contributed by atoms with E-state index in [1.807, 2.05) is 18.7 Å². The van der Waals surface area contributed by atoms with Crippen molar-refractivity contribution in [3.8, 4) is 5.69 Å². The molecule has 2 aromatic rings. The van der Waals surface area contributed by atoms with Gasteiger partial charge in [-0.05, 0) is 13.8 Å². The highest BCUT2D eigenvalue weighted by atomic mass is 19.2. The molecule has 0 radical (unpaired) electrons. The molecular formula is C12H14F3N5. The largest absolute Gasteiger partial charge is 0.368 e. The summed E-state index contributed by atoms with van der Waals surface area (Å²) in [4.78, 5) is 5.85. The average Bonchev–Trinajstić information content (AvgIpc) is 2.79. The molecule has 1 heterocycles. The Morgan fingerprint density at radius 3 is 2.20 bits per heavy atom. The first kappa shape index (κ1) is 14.2. The van der Waals surface area contributed by atoms with E-state index in [1.54, 1.807) is 0 Å². The fourth-order valence-corrected chi connectivity index (χ4v) is 1.81. The maximum atomic E-state index is 13.2. The second kappa shape index (κ2) is 5.40. The molecule has 5 nitrogen and oxygen atoms in total. The van der Waals surface area contributed by atoms with Gasteiger partial charge < -0.3 is 10.6 Å². The number of nitrogens with two attached hydrogens (primary N) is 1. The predicted molar refractivity (Wildman–Crippen MR) is 69.2 cm³/mol. The SMILES string of the molecule is CCN(CC)c1nc(N)n(-c2cc(F)c(F)c(F)c2)n1. The first-order chi connectivity index (χ1) is 9.47. The lowest BCUT2D eigenvalue weighted by molar-refractivity contribution is 0.446. The van der Waals surface area contributed by atoms with Crippen molar-refractivity contribution in [2.24, 2.45) is 0 Å². The molecule has 0 aliphatic heterocycles. The molecule has 0 unspecified atom stereocenters. The van der Waals surface area contributed by atoms with Gasteiger partial charge in [0.25, 0.3) is 0 Å². The molecule has 0 spiro atoms. The predicted octanol–water partition coefficient (Wildman–Crippen LogP) is 2.11. The summed E-state index contributed by atoms with van der Waals surface area (Å²) in [6, 6.07) is 1.63. The molecule has 1 aromatic heterocycles. The van der Waals surface area contributed by atoms with Crippen LogP contribution in [-0.4, -0.2) is 27.9 Å². The zero-order valence-electron chi connectivity index (χ0n) is 11.1. The van der Waals surface area contributed by atoms with Gasteiger partial charge >= 0.3 is 0 Å². The Hall–Kier alpha value is -2.25. The quantitative estimate of drug-likeness (QED) is 0.874. The number of nitrogens with zero attached hydrogens (tertiary/aromatic N) is 4. The van der Waals surface area contributed by atoms with Gasteiger partial charge in [-0.2, -0.15) is 9.67 Å². The maximum Gasteiger partial charge on any atom is 0.246 e. The van der Waals surface area contributed by atoms with Crippen LogP contribution in [0.15, 0.2) is 12.1 Å². The Bertz CT molecular complexity index is 599. The molecule has 0 bridgehead atoms. The average molecular weight is 285 g/mol. The Kier molecular flexibility index (Phi) is 3.82. The Morgan fingerprint density at radius 2 is 1.70 bits per heavy atom. The van der Waals surface area contributed by atoms with Crippen LogP contribution in [0.1, 0.15) is 13.8 Å². The molecular weight excluding hydrogens is 271 g/mol. The van der Waals surface area contributed by atoms with Gasteiger partial charge in [0.1, 0.15) is 0 Å². The molecule has 0 fully saturated rings. The molecule has 0 amide bonds. The van der Waals surface area contributed by atoms with Crippen molar-refractivity contribution in [2.75, 3.05) is 23.7 Å². The zero-order chi connectivity index (χ0) is 14.9. The number of halogens is 3. The standard InChI is InChI=1S/C12H14F3N5/c1-3-19(4-2)12-17-11(16)20(18-12)7-5-8(13)10(15)9(14)6-7/h5-6H,3-4H2,1-2H3,(H2,16,17,18). The van der Waals surface area contributed by atoms with Gasteiger partial charge in [-0.15, -0.1) is 5.10 Å². The van der Waals surface area contributed by atoms with Crippen LogP contribution < -0.4 is 10.6 Å². The zero-order valence-corrected chi connectivity index (χ0v) is 11.1.